The minimum atomic E-state index is -0.611. The van der Waals surface area contributed by atoms with Gasteiger partial charge in [-0.25, -0.2) is 4.98 Å². The largest absolute Gasteiger partial charge is 0.442 e. The first-order valence-electron chi connectivity index (χ1n) is 8.40. The Labute approximate surface area is 154 Å². The van der Waals surface area contributed by atoms with E-state index in [-0.39, 0.29) is 0 Å². The number of carbonyl (C=O) groups excluding carboxylic acids is 1. The second kappa shape index (κ2) is 6.46. The number of nitrogens with two attached hydrogens (primary N) is 1. The Morgan fingerprint density at radius 2 is 2.33 bits per heavy atom. The van der Waals surface area contributed by atoms with Crippen molar-refractivity contribution in [3.05, 3.63) is 54.2 Å². The summed E-state index contributed by atoms with van der Waals surface area (Å²) < 4.78 is 5.36. The number of rotatable bonds is 4. The third-order valence-electron chi connectivity index (χ3n) is 4.63. The number of carbonyl (C=O) groups is 1. The Morgan fingerprint density at radius 1 is 1.48 bits per heavy atom. The highest BCUT2D eigenvalue weighted by Crippen LogP contribution is 2.33. The number of hydrogen-bond acceptors (Lipinski definition) is 6. The molecule has 8 nitrogen and oxygen atoms in total. The van der Waals surface area contributed by atoms with Gasteiger partial charge < -0.3 is 15.1 Å². The molecule has 1 aliphatic heterocycles. The van der Waals surface area contributed by atoms with Crippen LogP contribution in [0.4, 0.5) is 5.69 Å². The highest BCUT2D eigenvalue weighted by atomic mass is 16.3. The van der Waals surface area contributed by atoms with Gasteiger partial charge in [-0.05, 0) is 36.3 Å². The Balaban J connectivity index is 1.81. The van der Waals surface area contributed by atoms with Crippen LogP contribution in [0.1, 0.15) is 13.3 Å². The van der Waals surface area contributed by atoms with Crippen LogP contribution >= 0.6 is 0 Å². The van der Waals surface area contributed by atoms with Gasteiger partial charge in [0.05, 0.1) is 17.8 Å². The Bertz CT molecular complexity index is 1120. The third kappa shape index (κ3) is 2.66. The molecule has 0 spiro atoms. The highest BCUT2D eigenvalue weighted by molar-refractivity contribution is 5.97. The molecule has 0 radical (unpaired) electrons. The number of aromatic amines is 1. The van der Waals surface area contributed by atoms with Crippen molar-refractivity contribution in [3.8, 4) is 17.5 Å². The van der Waals surface area contributed by atoms with Crippen LogP contribution in [-0.4, -0.2) is 27.1 Å². The molecular formula is C19H16N6O2. The molecule has 0 aliphatic carbocycles. The normalized spacial score (nSPS) is 16.7. The molecule has 1 unspecified atom stereocenters. The fourth-order valence-corrected chi connectivity index (χ4v) is 3.35. The van der Waals surface area contributed by atoms with Crippen molar-refractivity contribution in [1.82, 2.24) is 15.2 Å². The number of hydrogen-bond donors (Lipinski definition) is 2. The monoisotopic (exact) mass is 360 g/mol. The van der Waals surface area contributed by atoms with Gasteiger partial charge in [0.2, 0.25) is 5.91 Å². The number of oxazole rings is 1. The summed E-state index contributed by atoms with van der Waals surface area (Å²) in [6, 6.07) is 7.37. The minimum absolute atomic E-state index is 0.395. The predicted molar refractivity (Wildman–Crippen MR) is 99.1 cm³/mol. The first-order valence-corrected chi connectivity index (χ1v) is 8.40. The fourth-order valence-electron chi connectivity index (χ4n) is 3.35. The van der Waals surface area contributed by atoms with Crippen LogP contribution in [0, 0.1) is 11.3 Å². The molecule has 0 saturated carbocycles. The number of benzene rings is 1. The number of fused-ring (bicyclic) bond motifs is 1. The lowest BCUT2D eigenvalue weighted by atomic mass is 9.93. The SMILES string of the molecule is CCC1=C(C(N)=O)C=CN(c2ccc3[nH]nc(-c4cnco4)c3c2)C1C#N. The smallest absolute Gasteiger partial charge is 0.248 e. The van der Waals surface area contributed by atoms with Crippen molar-refractivity contribution in [2.24, 2.45) is 5.73 Å². The van der Waals surface area contributed by atoms with Gasteiger partial charge in [0.1, 0.15) is 11.7 Å². The maximum atomic E-state index is 11.7. The van der Waals surface area contributed by atoms with Crippen LogP contribution in [-0.2, 0) is 4.79 Å². The van der Waals surface area contributed by atoms with Gasteiger partial charge in [0, 0.05) is 22.8 Å². The molecule has 0 fully saturated rings. The van der Waals surface area contributed by atoms with Gasteiger partial charge in [0.15, 0.2) is 12.2 Å². The molecule has 1 aromatic carbocycles. The van der Waals surface area contributed by atoms with Gasteiger partial charge in [-0.1, -0.05) is 6.92 Å². The van der Waals surface area contributed by atoms with Crippen molar-refractivity contribution in [3.63, 3.8) is 0 Å². The second-order valence-corrected chi connectivity index (χ2v) is 6.08. The molecule has 3 N–H and O–H groups in total. The predicted octanol–water partition coefficient (Wildman–Crippen LogP) is 2.64. The van der Waals surface area contributed by atoms with Gasteiger partial charge in [-0.15, -0.1) is 0 Å². The number of amides is 1. The Morgan fingerprint density at radius 3 is 3.00 bits per heavy atom. The van der Waals surface area contributed by atoms with E-state index in [2.05, 4.69) is 21.3 Å². The summed E-state index contributed by atoms with van der Waals surface area (Å²) in [5.41, 5.74) is 8.84. The summed E-state index contributed by atoms with van der Waals surface area (Å²) in [7, 11) is 0. The Kier molecular flexibility index (Phi) is 3.97. The van der Waals surface area contributed by atoms with E-state index in [4.69, 9.17) is 10.2 Å². The molecule has 4 rings (SSSR count). The lowest BCUT2D eigenvalue weighted by molar-refractivity contribution is -0.114. The lowest BCUT2D eigenvalue weighted by Crippen LogP contribution is -2.36. The van der Waals surface area contributed by atoms with E-state index in [1.54, 1.807) is 18.5 Å². The van der Waals surface area contributed by atoms with Crippen molar-refractivity contribution < 1.29 is 9.21 Å². The maximum Gasteiger partial charge on any atom is 0.248 e. The van der Waals surface area contributed by atoms with E-state index in [1.165, 1.54) is 6.39 Å². The second-order valence-electron chi connectivity index (χ2n) is 6.08. The average Bonchev–Trinajstić information content (AvgIpc) is 3.35. The zero-order valence-corrected chi connectivity index (χ0v) is 14.5. The van der Waals surface area contributed by atoms with Gasteiger partial charge in [0.25, 0.3) is 0 Å². The number of nitriles is 1. The van der Waals surface area contributed by atoms with E-state index in [1.807, 2.05) is 30.0 Å². The number of nitrogens with zero attached hydrogens (tertiary/aromatic N) is 4. The standard InChI is InChI=1S/C19H16N6O2/c1-2-12-13(19(21)26)5-6-25(16(12)8-20)11-3-4-15-14(7-11)18(24-23-15)17-9-22-10-27-17/h3-7,9-10,16H,2H2,1H3,(H2,21,26)(H,23,24). The molecule has 0 bridgehead atoms. The molecule has 0 saturated heterocycles. The lowest BCUT2D eigenvalue weighted by Gasteiger charge is -2.31. The van der Waals surface area contributed by atoms with Crippen LogP contribution < -0.4 is 10.6 Å². The van der Waals surface area contributed by atoms with Crippen LogP contribution in [0.5, 0.6) is 0 Å². The summed E-state index contributed by atoms with van der Waals surface area (Å²) in [5.74, 6) is 0.0236. The first kappa shape index (κ1) is 16.6. The highest BCUT2D eigenvalue weighted by Gasteiger charge is 2.28. The Hall–Kier alpha value is -3.86. The summed E-state index contributed by atoms with van der Waals surface area (Å²) in [5, 5.41) is 17.9. The number of aromatic nitrogens is 3. The van der Waals surface area contributed by atoms with Crippen molar-refractivity contribution in [1.29, 1.82) is 5.26 Å². The van der Waals surface area contributed by atoms with Crippen LogP contribution in [0.15, 0.2) is 58.6 Å². The molecule has 2 aromatic heterocycles. The van der Waals surface area contributed by atoms with E-state index >= 15 is 0 Å². The molecule has 3 heterocycles. The van der Waals surface area contributed by atoms with Gasteiger partial charge >= 0.3 is 0 Å². The van der Waals surface area contributed by atoms with Crippen LogP contribution in [0.3, 0.4) is 0 Å². The van der Waals surface area contributed by atoms with Crippen molar-refractivity contribution in [2.75, 3.05) is 4.90 Å². The third-order valence-corrected chi connectivity index (χ3v) is 4.63. The molecule has 27 heavy (non-hydrogen) atoms. The molecule has 1 aliphatic rings. The fraction of sp³-hybridized carbons (Fsp3) is 0.158. The molecule has 134 valence electrons. The summed E-state index contributed by atoms with van der Waals surface area (Å²) in [6.07, 6.45) is 6.86. The van der Waals surface area contributed by atoms with E-state index in [9.17, 15) is 10.1 Å². The van der Waals surface area contributed by atoms with E-state index in [0.29, 0.717) is 29.0 Å². The maximum absolute atomic E-state index is 11.7. The number of primary amides is 1. The van der Waals surface area contributed by atoms with Crippen LogP contribution in [0.2, 0.25) is 0 Å². The van der Waals surface area contributed by atoms with E-state index in [0.717, 1.165) is 16.6 Å². The number of anilines is 1. The average molecular weight is 360 g/mol. The molecule has 1 atom stereocenters. The van der Waals surface area contributed by atoms with Gasteiger partial charge in [-0.3, -0.25) is 9.89 Å². The summed E-state index contributed by atoms with van der Waals surface area (Å²) in [6.45, 7) is 1.90. The molecular weight excluding hydrogens is 344 g/mol. The molecule has 3 aromatic rings. The zero-order valence-electron chi connectivity index (χ0n) is 14.5. The number of nitrogens with one attached hydrogen (secondary N) is 1. The minimum Gasteiger partial charge on any atom is -0.442 e. The topological polar surface area (TPSA) is 125 Å². The molecule has 1 amide bonds. The quantitative estimate of drug-likeness (QED) is 0.737. The number of H-pyrrole nitrogens is 1. The summed E-state index contributed by atoms with van der Waals surface area (Å²) >= 11 is 0. The zero-order chi connectivity index (χ0) is 19.0. The van der Waals surface area contributed by atoms with Crippen molar-refractivity contribution in [2.45, 2.75) is 19.4 Å². The first-order chi connectivity index (χ1) is 13.1. The summed E-state index contributed by atoms with van der Waals surface area (Å²) in [4.78, 5) is 17.5. The van der Waals surface area contributed by atoms with E-state index < -0.39 is 11.9 Å². The van der Waals surface area contributed by atoms with Crippen molar-refractivity contribution >= 4 is 22.5 Å². The van der Waals surface area contributed by atoms with Crippen LogP contribution in [0.25, 0.3) is 22.4 Å². The molecule has 8 heteroatoms. The van der Waals surface area contributed by atoms with Gasteiger partial charge in [-0.2, -0.15) is 10.4 Å².